The summed E-state index contributed by atoms with van der Waals surface area (Å²) in [6.45, 7) is 2.24. The van der Waals surface area contributed by atoms with Gasteiger partial charge in [-0.25, -0.2) is 13.2 Å². The van der Waals surface area contributed by atoms with Crippen LogP contribution in [0.3, 0.4) is 0 Å². The summed E-state index contributed by atoms with van der Waals surface area (Å²) in [5, 5.41) is 0. The molecule has 0 N–H and O–H groups in total. The first-order valence-electron chi connectivity index (χ1n) is 8.83. The van der Waals surface area contributed by atoms with E-state index in [1.165, 1.54) is 44.1 Å². The van der Waals surface area contributed by atoms with Crippen molar-refractivity contribution >= 4 is 0 Å². The van der Waals surface area contributed by atoms with Crippen LogP contribution in [0.25, 0.3) is 11.1 Å². The molecular weight excluding hydrogens is 309 g/mol. The Labute approximate surface area is 141 Å². The first kappa shape index (κ1) is 17.1. The fourth-order valence-electron chi connectivity index (χ4n) is 3.86. The molecule has 0 saturated heterocycles. The molecule has 1 aliphatic carbocycles. The average molecular weight is 332 g/mol. The summed E-state index contributed by atoms with van der Waals surface area (Å²) < 4.78 is 39.8. The largest absolute Gasteiger partial charge is 0.204 e. The minimum absolute atomic E-state index is 0.365. The van der Waals surface area contributed by atoms with Crippen molar-refractivity contribution in [3.05, 3.63) is 59.4 Å². The number of benzene rings is 2. The molecule has 0 radical (unpaired) electrons. The van der Waals surface area contributed by atoms with Gasteiger partial charge in [-0.05, 0) is 66.3 Å². The van der Waals surface area contributed by atoms with Crippen molar-refractivity contribution in [3.8, 4) is 11.1 Å². The highest BCUT2D eigenvalue weighted by atomic mass is 19.2. The van der Waals surface area contributed by atoms with Crippen molar-refractivity contribution in [2.45, 2.75) is 51.4 Å². The summed E-state index contributed by atoms with van der Waals surface area (Å²) in [7, 11) is 0. The average Bonchev–Trinajstić information content (AvgIpc) is 2.60. The van der Waals surface area contributed by atoms with E-state index in [-0.39, 0.29) is 0 Å². The standard InChI is InChI=1S/C21H23F3/c1-2-3-14-4-6-15(7-5-14)16-8-10-17(11-9-16)18-12-19(22)21(24)20(23)13-18/h8-15H,2-7H2,1H3/t14-,15+. The summed E-state index contributed by atoms with van der Waals surface area (Å²) in [4.78, 5) is 0. The van der Waals surface area contributed by atoms with Gasteiger partial charge in [0.05, 0.1) is 0 Å². The molecule has 3 heteroatoms. The molecule has 24 heavy (non-hydrogen) atoms. The molecular formula is C21H23F3. The molecule has 0 amide bonds. The molecule has 0 unspecified atom stereocenters. The van der Waals surface area contributed by atoms with E-state index in [1.54, 1.807) is 0 Å². The number of halogens is 3. The topological polar surface area (TPSA) is 0 Å². The zero-order valence-corrected chi connectivity index (χ0v) is 14.0. The molecule has 1 saturated carbocycles. The van der Waals surface area contributed by atoms with Gasteiger partial charge in [-0.15, -0.1) is 0 Å². The van der Waals surface area contributed by atoms with Gasteiger partial charge in [0.2, 0.25) is 0 Å². The maximum Gasteiger partial charge on any atom is 0.194 e. The predicted molar refractivity (Wildman–Crippen MR) is 91.4 cm³/mol. The molecule has 0 bridgehead atoms. The lowest BCUT2D eigenvalue weighted by Crippen LogP contribution is -2.13. The summed E-state index contributed by atoms with van der Waals surface area (Å²) in [6.07, 6.45) is 7.58. The van der Waals surface area contributed by atoms with Crippen LogP contribution >= 0.6 is 0 Å². The number of hydrogen-bond acceptors (Lipinski definition) is 0. The van der Waals surface area contributed by atoms with Gasteiger partial charge in [0.1, 0.15) is 0 Å². The molecule has 0 nitrogen and oxygen atoms in total. The third-order valence-corrected chi connectivity index (χ3v) is 5.24. The molecule has 1 fully saturated rings. The zero-order chi connectivity index (χ0) is 17.1. The second-order valence-electron chi connectivity index (χ2n) is 6.88. The van der Waals surface area contributed by atoms with Crippen molar-refractivity contribution in [1.29, 1.82) is 0 Å². The van der Waals surface area contributed by atoms with E-state index in [4.69, 9.17) is 0 Å². The Morgan fingerprint density at radius 1 is 0.833 bits per heavy atom. The van der Waals surface area contributed by atoms with E-state index in [0.29, 0.717) is 17.0 Å². The highest BCUT2D eigenvalue weighted by Gasteiger charge is 2.21. The van der Waals surface area contributed by atoms with Crippen molar-refractivity contribution in [1.82, 2.24) is 0 Å². The first-order valence-corrected chi connectivity index (χ1v) is 8.83. The molecule has 1 aliphatic rings. The molecule has 2 aromatic rings. The molecule has 0 spiro atoms. The lowest BCUT2D eigenvalue weighted by atomic mass is 9.77. The van der Waals surface area contributed by atoms with Crippen molar-refractivity contribution < 1.29 is 13.2 Å². The van der Waals surface area contributed by atoms with E-state index in [9.17, 15) is 13.2 Å². The van der Waals surface area contributed by atoms with Crippen LogP contribution < -0.4 is 0 Å². The van der Waals surface area contributed by atoms with E-state index in [1.807, 2.05) is 24.3 Å². The first-order chi connectivity index (χ1) is 11.6. The predicted octanol–water partition coefficient (Wildman–Crippen LogP) is 6.84. The molecule has 2 aromatic carbocycles. The third-order valence-electron chi connectivity index (χ3n) is 5.24. The van der Waals surface area contributed by atoms with Gasteiger partial charge >= 0.3 is 0 Å². The van der Waals surface area contributed by atoms with Crippen LogP contribution in [0.2, 0.25) is 0 Å². The second-order valence-corrected chi connectivity index (χ2v) is 6.88. The Bertz CT molecular complexity index is 660. The fraction of sp³-hybridized carbons (Fsp3) is 0.429. The van der Waals surface area contributed by atoms with Crippen LogP contribution in [0, 0.1) is 23.4 Å². The summed E-state index contributed by atoms with van der Waals surface area (Å²) in [6, 6.07) is 9.92. The van der Waals surface area contributed by atoms with Crippen LogP contribution in [0.5, 0.6) is 0 Å². The van der Waals surface area contributed by atoms with Crippen LogP contribution in [0.1, 0.15) is 56.9 Å². The Balaban J connectivity index is 1.72. The number of hydrogen-bond donors (Lipinski definition) is 0. The lowest BCUT2D eigenvalue weighted by Gasteiger charge is -2.28. The molecule has 0 heterocycles. The molecule has 0 aromatic heterocycles. The Morgan fingerprint density at radius 3 is 1.96 bits per heavy atom. The maximum absolute atomic E-state index is 13.4. The highest BCUT2D eigenvalue weighted by Crippen LogP contribution is 2.38. The van der Waals surface area contributed by atoms with Crippen LogP contribution in [-0.2, 0) is 0 Å². The minimum Gasteiger partial charge on any atom is -0.204 e. The van der Waals surface area contributed by atoms with Crippen LogP contribution in [-0.4, -0.2) is 0 Å². The van der Waals surface area contributed by atoms with Crippen LogP contribution in [0.15, 0.2) is 36.4 Å². The minimum atomic E-state index is -1.42. The van der Waals surface area contributed by atoms with E-state index < -0.39 is 17.5 Å². The third kappa shape index (κ3) is 3.66. The smallest absolute Gasteiger partial charge is 0.194 e. The summed E-state index contributed by atoms with van der Waals surface area (Å²) in [5.74, 6) is -2.27. The van der Waals surface area contributed by atoms with E-state index in [0.717, 1.165) is 18.1 Å². The maximum atomic E-state index is 13.4. The second kappa shape index (κ2) is 7.42. The SMILES string of the molecule is CCC[C@H]1CC[C@@H](c2ccc(-c3cc(F)c(F)c(F)c3)cc2)CC1. The van der Waals surface area contributed by atoms with Gasteiger partial charge in [-0.1, -0.05) is 44.0 Å². The van der Waals surface area contributed by atoms with E-state index >= 15 is 0 Å². The monoisotopic (exact) mass is 332 g/mol. The van der Waals surface area contributed by atoms with Gasteiger partial charge in [0, 0.05) is 0 Å². The fourth-order valence-corrected chi connectivity index (χ4v) is 3.86. The molecule has 3 rings (SSSR count). The van der Waals surface area contributed by atoms with Crippen molar-refractivity contribution in [2.75, 3.05) is 0 Å². The van der Waals surface area contributed by atoms with Gasteiger partial charge in [-0.2, -0.15) is 0 Å². The molecule has 128 valence electrons. The molecule has 0 atom stereocenters. The van der Waals surface area contributed by atoms with Crippen molar-refractivity contribution in [3.63, 3.8) is 0 Å². The molecule has 0 aliphatic heterocycles. The van der Waals surface area contributed by atoms with Gasteiger partial charge in [0.15, 0.2) is 17.5 Å². The van der Waals surface area contributed by atoms with Crippen LogP contribution in [0.4, 0.5) is 13.2 Å². The highest BCUT2D eigenvalue weighted by molar-refractivity contribution is 5.64. The Morgan fingerprint density at radius 2 is 1.42 bits per heavy atom. The van der Waals surface area contributed by atoms with Gasteiger partial charge in [0.25, 0.3) is 0 Å². The van der Waals surface area contributed by atoms with Crippen molar-refractivity contribution in [2.24, 2.45) is 5.92 Å². The number of rotatable bonds is 4. The summed E-state index contributed by atoms with van der Waals surface area (Å²) >= 11 is 0. The van der Waals surface area contributed by atoms with Gasteiger partial charge in [-0.3, -0.25) is 0 Å². The lowest BCUT2D eigenvalue weighted by molar-refractivity contribution is 0.308. The summed E-state index contributed by atoms with van der Waals surface area (Å²) in [5.41, 5.74) is 2.36. The Hall–Kier alpha value is -1.77. The normalized spacial score (nSPS) is 21.0. The van der Waals surface area contributed by atoms with Gasteiger partial charge < -0.3 is 0 Å². The van der Waals surface area contributed by atoms with E-state index in [2.05, 4.69) is 6.92 Å². The Kier molecular flexibility index (Phi) is 5.27. The zero-order valence-electron chi connectivity index (χ0n) is 14.0. The quantitative estimate of drug-likeness (QED) is 0.537.